The summed E-state index contributed by atoms with van der Waals surface area (Å²) in [6, 6.07) is 9.63. The molecule has 90 valence electrons. The van der Waals surface area contributed by atoms with Crippen molar-refractivity contribution in [3.63, 3.8) is 0 Å². The summed E-state index contributed by atoms with van der Waals surface area (Å²) < 4.78 is 11.0. The highest BCUT2D eigenvalue weighted by Crippen LogP contribution is 2.40. The van der Waals surface area contributed by atoms with E-state index in [1.54, 1.807) is 12.0 Å². The molecule has 2 saturated heterocycles. The number of hydrogen-bond acceptors (Lipinski definition) is 3. The normalized spacial score (nSPS) is 31.9. The van der Waals surface area contributed by atoms with E-state index >= 15 is 0 Å². The zero-order chi connectivity index (χ0) is 11.8. The number of anilines is 1. The molecule has 0 N–H and O–H groups in total. The molecule has 0 aromatic heterocycles. The summed E-state index contributed by atoms with van der Waals surface area (Å²) >= 11 is 0. The van der Waals surface area contributed by atoms with Crippen molar-refractivity contribution in [2.75, 3.05) is 12.0 Å². The van der Waals surface area contributed by atoms with E-state index in [0.717, 1.165) is 18.5 Å². The van der Waals surface area contributed by atoms with Gasteiger partial charge in [-0.25, -0.2) is 0 Å². The summed E-state index contributed by atoms with van der Waals surface area (Å²) in [5.74, 6) is 0.178. The van der Waals surface area contributed by atoms with Gasteiger partial charge in [0.1, 0.15) is 0 Å². The SMILES string of the molecule is CO[C@@H]1CC[C@H]2C(=O)N(c3ccccc3)[C@H]2O1. The van der Waals surface area contributed by atoms with Crippen molar-refractivity contribution >= 4 is 11.6 Å². The molecule has 17 heavy (non-hydrogen) atoms. The molecule has 0 saturated carbocycles. The predicted octanol–water partition coefficient (Wildman–Crippen LogP) is 1.76. The van der Waals surface area contributed by atoms with Gasteiger partial charge in [-0.1, -0.05) is 18.2 Å². The van der Waals surface area contributed by atoms with E-state index in [2.05, 4.69) is 0 Å². The molecular formula is C13H15NO3. The first-order valence-electron chi connectivity index (χ1n) is 5.87. The average Bonchev–Trinajstić information content (AvgIpc) is 2.39. The fourth-order valence-corrected chi connectivity index (χ4v) is 2.52. The van der Waals surface area contributed by atoms with Gasteiger partial charge in [0.25, 0.3) is 0 Å². The molecule has 4 nitrogen and oxygen atoms in total. The first-order chi connectivity index (χ1) is 8.31. The Bertz CT molecular complexity index is 420. The lowest BCUT2D eigenvalue weighted by Gasteiger charge is -2.50. The zero-order valence-corrected chi connectivity index (χ0v) is 9.70. The van der Waals surface area contributed by atoms with Crippen LogP contribution >= 0.6 is 0 Å². The van der Waals surface area contributed by atoms with E-state index in [1.165, 1.54) is 0 Å². The van der Waals surface area contributed by atoms with E-state index in [4.69, 9.17) is 9.47 Å². The molecule has 2 aliphatic rings. The molecule has 2 aliphatic heterocycles. The Morgan fingerprint density at radius 1 is 1.29 bits per heavy atom. The van der Waals surface area contributed by atoms with Crippen LogP contribution in [-0.2, 0) is 14.3 Å². The highest BCUT2D eigenvalue weighted by molar-refractivity contribution is 6.02. The van der Waals surface area contributed by atoms with Crippen molar-refractivity contribution in [2.24, 2.45) is 5.92 Å². The largest absolute Gasteiger partial charge is 0.356 e. The minimum absolute atomic E-state index is 0.0154. The number of benzene rings is 1. The van der Waals surface area contributed by atoms with E-state index in [0.29, 0.717) is 0 Å². The Morgan fingerprint density at radius 3 is 2.76 bits per heavy atom. The van der Waals surface area contributed by atoms with Crippen molar-refractivity contribution in [1.82, 2.24) is 0 Å². The molecule has 0 spiro atoms. The molecule has 3 atom stereocenters. The smallest absolute Gasteiger partial charge is 0.236 e. The summed E-state index contributed by atoms with van der Waals surface area (Å²) in [6.07, 6.45) is 1.32. The molecule has 0 radical (unpaired) electrons. The number of carbonyl (C=O) groups excluding carboxylic acids is 1. The maximum Gasteiger partial charge on any atom is 0.236 e. The molecule has 0 unspecified atom stereocenters. The van der Waals surface area contributed by atoms with Crippen molar-refractivity contribution < 1.29 is 14.3 Å². The number of amides is 1. The molecule has 0 aliphatic carbocycles. The second-order valence-electron chi connectivity index (χ2n) is 4.42. The molecule has 2 fully saturated rings. The quantitative estimate of drug-likeness (QED) is 0.731. The maximum absolute atomic E-state index is 12.0. The number of carbonyl (C=O) groups is 1. The Hall–Kier alpha value is -1.39. The van der Waals surface area contributed by atoms with Gasteiger partial charge in [-0.3, -0.25) is 9.69 Å². The van der Waals surface area contributed by atoms with Crippen LogP contribution in [0.25, 0.3) is 0 Å². The highest BCUT2D eigenvalue weighted by Gasteiger charge is 2.52. The number of fused-ring (bicyclic) bond motifs is 1. The number of nitrogens with zero attached hydrogens (tertiary/aromatic N) is 1. The number of hydrogen-bond donors (Lipinski definition) is 0. The lowest BCUT2D eigenvalue weighted by molar-refractivity contribution is -0.216. The van der Waals surface area contributed by atoms with Crippen LogP contribution in [0.15, 0.2) is 30.3 Å². The van der Waals surface area contributed by atoms with Crippen LogP contribution in [0.2, 0.25) is 0 Å². The molecular weight excluding hydrogens is 218 g/mol. The number of ether oxygens (including phenoxy) is 2. The standard InChI is InChI=1S/C13H15NO3/c1-16-11-8-7-10-12(15)14(13(10)17-11)9-5-3-2-4-6-9/h2-6,10-11,13H,7-8H2,1H3/t10-,11-,13-/m0/s1. The molecule has 0 bridgehead atoms. The van der Waals surface area contributed by atoms with Crippen LogP contribution < -0.4 is 4.90 Å². The summed E-state index contributed by atoms with van der Waals surface area (Å²) in [7, 11) is 1.64. The molecule has 2 heterocycles. The third-order valence-corrected chi connectivity index (χ3v) is 3.46. The Morgan fingerprint density at radius 2 is 2.06 bits per heavy atom. The molecule has 4 heteroatoms. The fourth-order valence-electron chi connectivity index (χ4n) is 2.52. The monoisotopic (exact) mass is 233 g/mol. The van der Waals surface area contributed by atoms with Crippen LogP contribution in [0.5, 0.6) is 0 Å². The van der Waals surface area contributed by atoms with Crippen molar-refractivity contribution in [3.8, 4) is 0 Å². The predicted molar refractivity (Wildman–Crippen MR) is 62.3 cm³/mol. The van der Waals surface area contributed by atoms with Crippen LogP contribution in [0.1, 0.15) is 12.8 Å². The van der Waals surface area contributed by atoms with E-state index < -0.39 is 0 Å². The second-order valence-corrected chi connectivity index (χ2v) is 4.42. The number of methoxy groups -OCH3 is 1. The summed E-state index contributed by atoms with van der Waals surface area (Å²) in [4.78, 5) is 13.7. The van der Waals surface area contributed by atoms with Gasteiger partial charge in [-0.05, 0) is 25.0 Å². The maximum atomic E-state index is 12.0. The second kappa shape index (κ2) is 4.13. The van der Waals surface area contributed by atoms with Crippen molar-refractivity contribution in [3.05, 3.63) is 30.3 Å². The average molecular weight is 233 g/mol. The summed E-state index contributed by atoms with van der Waals surface area (Å²) in [5.41, 5.74) is 0.899. The minimum atomic E-state index is -0.185. The van der Waals surface area contributed by atoms with Gasteiger partial charge in [-0.2, -0.15) is 0 Å². The van der Waals surface area contributed by atoms with Gasteiger partial charge < -0.3 is 9.47 Å². The summed E-state index contributed by atoms with van der Waals surface area (Å²) in [5, 5.41) is 0. The van der Waals surface area contributed by atoms with Crippen molar-refractivity contribution in [1.29, 1.82) is 0 Å². The Labute approximate surface area is 100 Å². The topological polar surface area (TPSA) is 38.8 Å². The first-order valence-corrected chi connectivity index (χ1v) is 5.87. The van der Waals surface area contributed by atoms with Crippen LogP contribution in [0.3, 0.4) is 0 Å². The van der Waals surface area contributed by atoms with Gasteiger partial charge in [0.05, 0.1) is 5.92 Å². The Balaban J connectivity index is 1.81. The van der Waals surface area contributed by atoms with Crippen LogP contribution in [0.4, 0.5) is 5.69 Å². The van der Waals surface area contributed by atoms with Gasteiger partial charge in [0.15, 0.2) is 12.5 Å². The number of para-hydroxylation sites is 1. The molecule has 1 aromatic carbocycles. The van der Waals surface area contributed by atoms with Gasteiger partial charge in [0.2, 0.25) is 5.91 Å². The third-order valence-electron chi connectivity index (χ3n) is 3.46. The molecule has 1 aromatic rings. The molecule has 1 amide bonds. The zero-order valence-electron chi connectivity index (χ0n) is 9.70. The van der Waals surface area contributed by atoms with E-state index in [-0.39, 0.29) is 24.3 Å². The summed E-state index contributed by atoms with van der Waals surface area (Å²) in [6.45, 7) is 0. The number of β-lactam (4-membered cyclic amide) rings is 1. The van der Waals surface area contributed by atoms with Crippen LogP contribution in [0, 0.1) is 5.92 Å². The highest BCUT2D eigenvalue weighted by atomic mass is 16.7. The third kappa shape index (κ3) is 1.64. The first kappa shape index (κ1) is 10.7. The van der Waals surface area contributed by atoms with Crippen LogP contribution in [-0.4, -0.2) is 25.5 Å². The Kier molecular flexibility index (Phi) is 2.61. The van der Waals surface area contributed by atoms with E-state index in [9.17, 15) is 4.79 Å². The minimum Gasteiger partial charge on any atom is -0.356 e. The molecule has 3 rings (SSSR count). The lowest BCUT2D eigenvalue weighted by atomic mass is 9.88. The van der Waals surface area contributed by atoms with Crippen molar-refractivity contribution in [2.45, 2.75) is 25.4 Å². The van der Waals surface area contributed by atoms with E-state index in [1.807, 2.05) is 30.3 Å². The van der Waals surface area contributed by atoms with Gasteiger partial charge in [0, 0.05) is 12.8 Å². The van der Waals surface area contributed by atoms with Gasteiger partial charge in [-0.15, -0.1) is 0 Å². The lowest BCUT2D eigenvalue weighted by Crippen LogP contribution is -2.65. The van der Waals surface area contributed by atoms with Gasteiger partial charge >= 0.3 is 0 Å². The number of rotatable bonds is 2. The fraction of sp³-hybridized carbons (Fsp3) is 0.462.